The van der Waals surface area contributed by atoms with Crippen molar-refractivity contribution in [3.8, 4) is 11.6 Å². The maximum Gasteiger partial charge on any atom is 0.433 e. The number of nitrogens with zero attached hydrogens (tertiary/aromatic N) is 2. The third-order valence-electron chi connectivity index (χ3n) is 7.02. The number of carbonyl (C=O) groups excluding carboxylic acids is 1. The van der Waals surface area contributed by atoms with Crippen molar-refractivity contribution in [3.63, 3.8) is 0 Å². The van der Waals surface area contributed by atoms with Crippen LogP contribution in [-0.2, 0) is 39.8 Å². The van der Waals surface area contributed by atoms with Crippen molar-refractivity contribution in [2.24, 2.45) is 0 Å². The number of esters is 1. The molecule has 14 heteroatoms. The zero-order chi connectivity index (χ0) is 31.3. The van der Waals surface area contributed by atoms with E-state index in [1.165, 1.54) is 7.11 Å². The summed E-state index contributed by atoms with van der Waals surface area (Å²) in [5, 5.41) is 44.3. The number of carbonyl (C=O) groups is 1. The number of hydrogen-bond donors (Lipinski definition) is 4. The largest absolute Gasteiger partial charge is 0.497 e. The molecule has 2 heterocycles. The molecule has 3 aromatic rings. The molecule has 0 amide bonds. The average molecular weight is 611 g/mol. The fraction of sp³-hybridized carbons (Fsp3) is 0.448. The Balaban J connectivity index is 1.73. The van der Waals surface area contributed by atoms with E-state index < -0.39 is 67.6 Å². The number of hydrogen-bond acceptors (Lipinski definition) is 10. The summed E-state index contributed by atoms with van der Waals surface area (Å²) in [6.45, 7) is 0.0623. The predicted molar refractivity (Wildman–Crippen MR) is 143 cm³/mol. The van der Waals surface area contributed by atoms with Gasteiger partial charge in [-0.15, -0.1) is 5.10 Å². The first kappa shape index (κ1) is 32.2. The monoisotopic (exact) mass is 610 g/mol. The van der Waals surface area contributed by atoms with Gasteiger partial charge >= 0.3 is 12.1 Å². The molecule has 0 aliphatic carbocycles. The Bertz CT molecular complexity index is 1360. The molecule has 2 aromatic carbocycles. The van der Waals surface area contributed by atoms with Crippen LogP contribution in [0.3, 0.4) is 0 Å². The lowest BCUT2D eigenvalue weighted by molar-refractivity contribution is -0.279. The molecule has 1 aromatic heterocycles. The van der Waals surface area contributed by atoms with Crippen molar-refractivity contribution in [1.82, 2.24) is 9.78 Å². The zero-order valence-electron chi connectivity index (χ0n) is 23.4. The molecule has 1 aliphatic rings. The van der Waals surface area contributed by atoms with Crippen LogP contribution in [0.2, 0.25) is 0 Å². The van der Waals surface area contributed by atoms with Gasteiger partial charge < -0.3 is 39.4 Å². The van der Waals surface area contributed by atoms with Gasteiger partial charge in [0.25, 0.3) is 0 Å². The number of methoxy groups -OCH3 is 1. The Morgan fingerprint density at radius 2 is 1.60 bits per heavy atom. The Hall–Kier alpha value is -3.69. The van der Waals surface area contributed by atoms with Gasteiger partial charge in [0, 0.05) is 6.42 Å². The first-order valence-corrected chi connectivity index (χ1v) is 13.5. The summed E-state index contributed by atoms with van der Waals surface area (Å²) in [6, 6.07) is 13.4. The Kier molecular flexibility index (Phi) is 10.3. The van der Waals surface area contributed by atoms with Crippen molar-refractivity contribution in [3.05, 3.63) is 76.5 Å². The molecular formula is C29H33F3N2O9. The van der Waals surface area contributed by atoms with Crippen molar-refractivity contribution in [2.45, 2.75) is 63.2 Å². The SMILES string of the molecule is CCc1ccc(Cc2c(O[C@@H]3O[C@H](COC(=O)CO)[C@@H](O)[C@H](O)[C@H]3O)nn(Cc3ccc(OC)cc3)c2C(F)(F)F)cc1. The molecule has 234 valence electrons. The summed E-state index contributed by atoms with van der Waals surface area (Å²) in [5.41, 5.74) is 0.580. The van der Waals surface area contributed by atoms with E-state index in [4.69, 9.17) is 24.1 Å². The normalized spacial score (nSPS) is 22.3. The highest BCUT2D eigenvalue weighted by atomic mass is 19.4. The topological polar surface area (TPSA) is 153 Å². The zero-order valence-corrected chi connectivity index (χ0v) is 23.4. The number of aryl methyl sites for hydroxylation is 1. The summed E-state index contributed by atoms with van der Waals surface area (Å²) in [5.74, 6) is -1.04. The first-order valence-electron chi connectivity index (χ1n) is 13.5. The Morgan fingerprint density at radius 1 is 0.977 bits per heavy atom. The highest BCUT2D eigenvalue weighted by molar-refractivity contribution is 5.70. The maximum absolute atomic E-state index is 14.6. The van der Waals surface area contributed by atoms with E-state index in [2.05, 4.69) is 5.10 Å². The highest BCUT2D eigenvalue weighted by Gasteiger charge is 2.47. The van der Waals surface area contributed by atoms with Crippen LogP contribution in [0.1, 0.15) is 34.9 Å². The highest BCUT2D eigenvalue weighted by Crippen LogP contribution is 2.39. The molecule has 0 spiro atoms. The van der Waals surface area contributed by atoms with Crippen molar-refractivity contribution >= 4 is 5.97 Å². The number of halogens is 3. The fourth-order valence-corrected chi connectivity index (χ4v) is 4.65. The van der Waals surface area contributed by atoms with E-state index in [0.717, 1.165) is 16.7 Å². The van der Waals surface area contributed by atoms with E-state index in [0.29, 0.717) is 16.9 Å². The second-order valence-corrected chi connectivity index (χ2v) is 9.96. The molecular weight excluding hydrogens is 577 g/mol. The molecule has 4 N–H and O–H groups in total. The Morgan fingerprint density at radius 3 is 2.19 bits per heavy atom. The van der Waals surface area contributed by atoms with Crippen LogP contribution in [0.15, 0.2) is 48.5 Å². The predicted octanol–water partition coefficient (Wildman–Crippen LogP) is 1.83. The van der Waals surface area contributed by atoms with Gasteiger partial charge in [0.05, 0.1) is 19.2 Å². The first-order chi connectivity index (χ1) is 20.4. The van der Waals surface area contributed by atoms with Gasteiger partial charge in [-0.3, -0.25) is 4.68 Å². The third-order valence-corrected chi connectivity index (χ3v) is 7.02. The maximum atomic E-state index is 14.6. The molecule has 4 rings (SSSR count). The van der Waals surface area contributed by atoms with Gasteiger partial charge in [0.15, 0.2) is 0 Å². The van der Waals surface area contributed by atoms with E-state index in [9.17, 15) is 33.3 Å². The number of rotatable bonds is 11. The quantitative estimate of drug-likeness (QED) is 0.237. The van der Waals surface area contributed by atoms with Gasteiger partial charge in [-0.25, -0.2) is 4.79 Å². The number of benzene rings is 2. The van der Waals surface area contributed by atoms with Crippen molar-refractivity contribution in [1.29, 1.82) is 0 Å². The number of aromatic nitrogens is 2. The van der Waals surface area contributed by atoms with Crippen LogP contribution >= 0.6 is 0 Å². The van der Waals surface area contributed by atoms with Gasteiger partial charge in [-0.05, 0) is 35.2 Å². The van der Waals surface area contributed by atoms with E-state index in [1.54, 1.807) is 48.5 Å². The van der Waals surface area contributed by atoms with E-state index in [-0.39, 0.29) is 18.5 Å². The van der Waals surface area contributed by atoms with Gasteiger partial charge in [0.1, 0.15) is 49.1 Å². The summed E-state index contributed by atoms with van der Waals surface area (Å²) >= 11 is 0. The van der Waals surface area contributed by atoms with Crippen LogP contribution in [0.25, 0.3) is 0 Å². The lowest BCUT2D eigenvalue weighted by atomic mass is 9.99. The van der Waals surface area contributed by atoms with Crippen LogP contribution in [0, 0.1) is 0 Å². The molecule has 11 nitrogen and oxygen atoms in total. The molecule has 1 saturated heterocycles. The lowest BCUT2D eigenvalue weighted by Gasteiger charge is -2.39. The number of ether oxygens (including phenoxy) is 4. The molecule has 0 bridgehead atoms. The van der Waals surface area contributed by atoms with Crippen molar-refractivity contribution < 1.29 is 57.3 Å². The fourth-order valence-electron chi connectivity index (χ4n) is 4.65. The summed E-state index contributed by atoms with van der Waals surface area (Å²) < 4.78 is 65.8. The number of alkyl halides is 3. The molecule has 1 fully saturated rings. The second kappa shape index (κ2) is 13.7. The smallest absolute Gasteiger partial charge is 0.433 e. The van der Waals surface area contributed by atoms with E-state index in [1.807, 2.05) is 6.92 Å². The van der Waals surface area contributed by atoms with Crippen LogP contribution in [0.5, 0.6) is 11.6 Å². The van der Waals surface area contributed by atoms with E-state index >= 15 is 0 Å². The molecule has 1 aliphatic heterocycles. The number of aliphatic hydroxyl groups excluding tert-OH is 4. The molecule has 5 atom stereocenters. The summed E-state index contributed by atoms with van der Waals surface area (Å²) in [6.07, 6.45) is -13.1. The van der Waals surface area contributed by atoms with Crippen LogP contribution < -0.4 is 9.47 Å². The minimum Gasteiger partial charge on any atom is -0.497 e. The molecule has 43 heavy (non-hydrogen) atoms. The summed E-state index contributed by atoms with van der Waals surface area (Å²) in [7, 11) is 1.46. The lowest BCUT2D eigenvalue weighted by Crippen LogP contribution is -2.60. The van der Waals surface area contributed by atoms with Gasteiger partial charge in [0.2, 0.25) is 12.2 Å². The summed E-state index contributed by atoms with van der Waals surface area (Å²) in [4.78, 5) is 11.4. The average Bonchev–Trinajstić information content (AvgIpc) is 3.33. The van der Waals surface area contributed by atoms with Gasteiger partial charge in [-0.2, -0.15) is 13.2 Å². The van der Waals surface area contributed by atoms with Crippen LogP contribution in [-0.4, -0.2) is 87.2 Å². The number of aliphatic hydroxyl groups is 4. The molecule has 0 unspecified atom stereocenters. The third kappa shape index (κ3) is 7.64. The van der Waals surface area contributed by atoms with Crippen molar-refractivity contribution in [2.75, 3.05) is 20.3 Å². The van der Waals surface area contributed by atoms with Gasteiger partial charge in [-0.1, -0.05) is 43.3 Å². The standard InChI is InChI=1S/C29H33F3N2O9/c1-3-16-4-6-17(7-5-16)12-20-26(29(30,31)32)34(13-18-8-10-19(40-2)11-9-18)33-27(20)43-28-25(39)24(38)23(37)21(42-28)15-41-22(36)14-35/h4-11,21,23-25,28,35,37-39H,3,12-15H2,1-2H3/t21-,23-,24+,25-,28+/m1/s1. The van der Waals surface area contributed by atoms with Crippen LogP contribution in [0.4, 0.5) is 13.2 Å². The minimum absolute atomic E-state index is 0.248. The second-order valence-electron chi connectivity index (χ2n) is 9.96. The minimum atomic E-state index is -4.87. The molecule has 0 radical (unpaired) electrons. The molecule has 0 saturated carbocycles. The Labute approximate surface area is 245 Å².